The first-order valence-electron chi connectivity index (χ1n) is 7.88. The summed E-state index contributed by atoms with van der Waals surface area (Å²) in [5.74, 6) is 0. The van der Waals surface area contributed by atoms with Crippen molar-refractivity contribution in [2.45, 2.75) is 13.8 Å². The maximum atomic E-state index is 8.49. The van der Waals surface area contributed by atoms with Gasteiger partial charge in [-0.2, -0.15) is 4.68 Å². The lowest BCUT2D eigenvalue weighted by Gasteiger charge is -2.17. The van der Waals surface area contributed by atoms with Crippen molar-refractivity contribution in [2.24, 2.45) is 14.1 Å². The number of aryl methyl sites for hydroxylation is 2. The van der Waals surface area contributed by atoms with E-state index in [0.29, 0.717) is 0 Å². The number of rotatable bonds is 2. The average molecular weight is 377 g/mol. The molecule has 0 spiro atoms. The van der Waals surface area contributed by atoms with Crippen LogP contribution in [0, 0.1) is 24.1 Å². The van der Waals surface area contributed by atoms with E-state index in [1.807, 2.05) is 0 Å². The molecule has 0 atom stereocenters. The van der Waals surface area contributed by atoms with Gasteiger partial charge in [0.2, 0.25) is 5.69 Å². The van der Waals surface area contributed by atoms with Gasteiger partial charge in [0.1, 0.15) is 5.69 Å². The van der Waals surface area contributed by atoms with E-state index in [0.717, 1.165) is 0 Å². The molecule has 1 aromatic heterocycles. The summed E-state index contributed by atoms with van der Waals surface area (Å²) in [6, 6.07) is 19.4. The van der Waals surface area contributed by atoms with E-state index in [2.05, 4.69) is 91.9 Å². The molecule has 0 aliphatic carbocycles. The molecule has 26 heavy (non-hydrogen) atoms. The topological polar surface area (TPSA) is 101 Å². The molecule has 0 saturated carbocycles. The van der Waals surface area contributed by atoms with E-state index in [9.17, 15) is 0 Å². The second-order valence-electron chi connectivity index (χ2n) is 6.02. The van der Waals surface area contributed by atoms with Crippen molar-refractivity contribution in [1.29, 1.82) is 0 Å². The molecule has 138 valence electrons. The second kappa shape index (κ2) is 7.99. The van der Waals surface area contributed by atoms with Crippen molar-refractivity contribution in [1.82, 2.24) is 4.68 Å². The Morgan fingerprint density at radius 3 is 2.04 bits per heavy atom. The van der Waals surface area contributed by atoms with Crippen molar-refractivity contribution in [3.05, 3.63) is 65.7 Å². The fourth-order valence-electron chi connectivity index (χ4n) is 2.78. The van der Waals surface area contributed by atoms with Crippen LogP contribution in [0.2, 0.25) is 0 Å². The smallest absolute Gasteiger partial charge is 0.222 e. The molecule has 2 aromatic carbocycles. The van der Waals surface area contributed by atoms with Crippen molar-refractivity contribution in [3.63, 3.8) is 0 Å². The molecule has 0 saturated heterocycles. The van der Waals surface area contributed by atoms with Gasteiger partial charge in [0, 0.05) is 17.2 Å². The zero-order chi connectivity index (χ0) is 19.5. The predicted octanol–water partition coefficient (Wildman–Crippen LogP) is -0.956. The van der Waals surface area contributed by atoms with Crippen LogP contribution in [0.1, 0.15) is 11.1 Å². The van der Waals surface area contributed by atoms with Crippen molar-refractivity contribution < 1.29 is 33.6 Å². The molecule has 0 N–H and O–H groups in total. The first-order chi connectivity index (χ1) is 12.1. The maximum Gasteiger partial charge on any atom is 0.238 e. The van der Waals surface area contributed by atoms with Crippen LogP contribution in [0.4, 0.5) is 0 Å². The molecule has 0 radical (unpaired) electrons. The van der Waals surface area contributed by atoms with E-state index in [1.165, 1.54) is 33.6 Å². The summed E-state index contributed by atoms with van der Waals surface area (Å²) in [6.45, 7) is 4.31. The largest absolute Gasteiger partial charge is 0.238 e. The zero-order valence-corrected chi connectivity index (χ0v) is 15.9. The van der Waals surface area contributed by atoms with Crippen LogP contribution >= 0.6 is 0 Å². The number of nitrogens with zero attached hydrogens (tertiary/aromatic N) is 2. The highest BCUT2D eigenvalue weighted by molar-refractivity contribution is 5.69. The van der Waals surface area contributed by atoms with Gasteiger partial charge in [0.25, 0.3) is 0 Å². The zero-order valence-electron chi connectivity index (χ0n) is 15.1. The third-order valence-corrected chi connectivity index (χ3v) is 4.16. The van der Waals surface area contributed by atoms with Gasteiger partial charge < -0.3 is 0 Å². The van der Waals surface area contributed by atoms with Crippen LogP contribution in [-0.2, 0) is 14.1 Å². The Balaban J connectivity index is 0.000000431. The van der Waals surface area contributed by atoms with Crippen molar-refractivity contribution >= 4 is 0 Å². The summed E-state index contributed by atoms with van der Waals surface area (Å²) in [5, 5.41) is 0. The molecule has 1 heterocycles. The highest BCUT2D eigenvalue weighted by atomic mass is 35.7. The molecule has 0 amide bonds. The quantitative estimate of drug-likeness (QED) is 0.538. The van der Waals surface area contributed by atoms with Gasteiger partial charge in [-0.25, -0.2) is 18.6 Å². The molecule has 3 rings (SSSR count). The fraction of sp³-hybridized carbons (Fsp3) is 0.211. The monoisotopic (exact) mass is 376 g/mol. The number of hydrogen-bond donors (Lipinski definition) is 0. The number of benzene rings is 2. The molecule has 0 aliphatic heterocycles. The van der Waals surface area contributed by atoms with Crippen LogP contribution < -0.4 is 23.3 Å². The van der Waals surface area contributed by atoms with Gasteiger partial charge >= 0.3 is 0 Å². The maximum absolute atomic E-state index is 8.49. The number of hydrogen-bond acceptors (Lipinski definition) is 4. The summed E-state index contributed by atoms with van der Waals surface area (Å²) in [5.41, 5.74) is 7.62. The van der Waals surface area contributed by atoms with Crippen molar-refractivity contribution in [3.8, 4) is 22.5 Å². The van der Waals surface area contributed by atoms with Gasteiger partial charge in [-0.05, 0) is 37.6 Å². The molecular formula is C19H21ClN2O4. The van der Waals surface area contributed by atoms with Crippen molar-refractivity contribution in [2.75, 3.05) is 0 Å². The van der Waals surface area contributed by atoms with E-state index >= 15 is 0 Å². The average Bonchev–Trinajstić information content (AvgIpc) is 2.85. The van der Waals surface area contributed by atoms with Gasteiger partial charge in [0.05, 0.1) is 7.05 Å². The molecular weight excluding hydrogens is 356 g/mol. The van der Waals surface area contributed by atoms with Crippen LogP contribution in [0.15, 0.2) is 54.6 Å². The molecule has 0 fully saturated rings. The molecule has 0 aliphatic rings. The SMILES string of the molecule is Cc1ccc(C)c(-c2cc(-c3ccccc3)[n+](C)n2C)c1.[O-][Cl+3]([O-])([O-])[O-]. The lowest BCUT2D eigenvalue weighted by molar-refractivity contribution is -2.00. The van der Waals surface area contributed by atoms with Gasteiger partial charge in [-0.15, -0.1) is 14.9 Å². The highest BCUT2D eigenvalue weighted by Crippen LogP contribution is 2.27. The van der Waals surface area contributed by atoms with Crippen LogP contribution in [0.25, 0.3) is 22.5 Å². The fourth-order valence-corrected chi connectivity index (χ4v) is 2.78. The van der Waals surface area contributed by atoms with Crippen LogP contribution in [0.3, 0.4) is 0 Å². The Hall–Kier alpha value is -2.22. The minimum absolute atomic E-state index is 1.23. The standard InChI is InChI=1S/C19H21N2.ClHO4/c1-14-10-11-15(2)17(12-14)19-13-18(20(3)21(19)4)16-8-6-5-7-9-16;2-1(3,4)5/h5-13H,1-4H3;(H,2,3,4,5)/q+1;/p-1. The minimum atomic E-state index is -4.94. The van der Waals surface area contributed by atoms with E-state index in [1.54, 1.807) is 0 Å². The Morgan fingerprint density at radius 2 is 1.46 bits per heavy atom. The second-order valence-corrected chi connectivity index (χ2v) is 6.78. The Bertz CT molecular complexity index is 881. The Kier molecular flexibility index (Phi) is 6.17. The van der Waals surface area contributed by atoms with E-state index in [4.69, 9.17) is 18.6 Å². The lowest BCUT2D eigenvalue weighted by Crippen LogP contribution is -2.68. The molecule has 0 unspecified atom stereocenters. The van der Waals surface area contributed by atoms with Gasteiger partial charge in [-0.1, -0.05) is 35.9 Å². The summed E-state index contributed by atoms with van der Waals surface area (Å²) in [7, 11) is -0.722. The predicted molar refractivity (Wildman–Crippen MR) is 86.9 cm³/mol. The van der Waals surface area contributed by atoms with Gasteiger partial charge in [0.15, 0.2) is 7.05 Å². The third kappa shape index (κ3) is 5.14. The normalized spacial score (nSPS) is 11.1. The summed E-state index contributed by atoms with van der Waals surface area (Å²) < 4.78 is 38.4. The van der Waals surface area contributed by atoms with Crippen LogP contribution in [0.5, 0.6) is 0 Å². The van der Waals surface area contributed by atoms with Gasteiger partial charge in [-0.3, -0.25) is 0 Å². The lowest BCUT2D eigenvalue weighted by atomic mass is 10.0. The Morgan fingerprint density at radius 1 is 0.885 bits per heavy atom. The highest BCUT2D eigenvalue weighted by Gasteiger charge is 2.20. The molecule has 3 aromatic rings. The number of halogens is 1. The summed E-state index contributed by atoms with van der Waals surface area (Å²) >= 11 is 0. The van der Waals surface area contributed by atoms with E-state index in [-0.39, 0.29) is 0 Å². The molecule has 7 heteroatoms. The Labute approximate surface area is 154 Å². The molecule has 0 bridgehead atoms. The minimum Gasteiger partial charge on any atom is -0.222 e. The summed E-state index contributed by atoms with van der Waals surface area (Å²) in [4.78, 5) is 0. The van der Waals surface area contributed by atoms with Crippen LogP contribution in [-0.4, -0.2) is 4.68 Å². The van der Waals surface area contributed by atoms with E-state index < -0.39 is 10.2 Å². The first kappa shape index (κ1) is 20.1. The summed E-state index contributed by atoms with van der Waals surface area (Å²) in [6.07, 6.45) is 0. The molecule has 6 nitrogen and oxygen atoms in total. The third-order valence-electron chi connectivity index (χ3n) is 4.16. The first-order valence-corrected chi connectivity index (χ1v) is 9.12. The number of aromatic nitrogens is 2.